The molecule has 0 aromatic heterocycles. The predicted molar refractivity (Wildman–Crippen MR) is 117 cm³/mol. The van der Waals surface area contributed by atoms with Crippen molar-refractivity contribution in [1.29, 1.82) is 0 Å². The maximum atomic E-state index is 5.46. The SMILES string of the molecule is C=CC1CCC(c2ccc(-c3ccc(OC)cc3CCCCC)cc2)CC1. The van der Waals surface area contributed by atoms with E-state index in [0.29, 0.717) is 0 Å². The van der Waals surface area contributed by atoms with Crippen LogP contribution in [0.3, 0.4) is 0 Å². The summed E-state index contributed by atoms with van der Waals surface area (Å²) in [4.78, 5) is 0. The molecule has 1 aliphatic carbocycles. The number of hydrogen-bond acceptors (Lipinski definition) is 1. The molecule has 0 aliphatic heterocycles. The van der Waals surface area contributed by atoms with Gasteiger partial charge in [0.2, 0.25) is 0 Å². The molecule has 1 nitrogen and oxygen atoms in total. The van der Waals surface area contributed by atoms with Gasteiger partial charge < -0.3 is 4.74 Å². The summed E-state index contributed by atoms with van der Waals surface area (Å²) in [6, 6.07) is 15.9. The maximum absolute atomic E-state index is 5.46. The first kappa shape index (κ1) is 19.7. The third-order valence-electron chi connectivity index (χ3n) is 6.16. The van der Waals surface area contributed by atoms with Gasteiger partial charge in [-0.2, -0.15) is 0 Å². The second kappa shape index (κ2) is 9.78. The Kier molecular flexibility index (Phi) is 7.15. The number of ether oxygens (including phenoxy) is 1. The molecule has 3 rings (SSSR count). The molecule has 0 radical (unpaired) electrons. The summed E-state index contributed by atoms with van der Waals surface area (Å²) < 4.78 is 5.46. The van der Waals surface area contributed by atoms with E-state index in [4.69, 9.17) is 4.74 Å². The predicted octanol–water partition coefficient (Wildman–Crippen LogP) is 7.55. The topological polar surface area (TPSA) is 9.23 Å². The number of benzene rings is 2. The summed E-state index contributed by atoms with van der Waals surface area (Å²) in [5.41, 5.74) is 5.59. The Hall–Kier alpha value is -2.02. The van der Waals surface area contributed by atoms with Crippen LogP contribution in [0.25, 0.3) is 11.1 Å². The van der Waals surface area contributed by atoms with E-state index in [-0.39, 0.29) is 0 Å². The third-order valence-corrected chi connectivity index (χ3v) is 6.16. The van der Waals surface area contributed by atoms with E-state index in [2.05, 4.69) is 62.0 Å². The molecule has 1 aliphatic rings. The summed E-state index contributed by atoms with van der Waals surface area (Å²) in [5, 5.41) is 0. The van der Waals surface area contributed by atoms with E-state index >= 15 is 0 Å². The van der Waals surface area contributed by atoms with Gasteiger partial charge in [0.05, 0.1) is 7.11 Å². The first-order valence-electron chi connectivity index (χ1n) is 10.6. The highest BCUT2D eigenvalue weighted by molar-refractivity contribution is 5.69. The van der Waals surface area contributed by atoms with Gasteiger partial charge in [-0.05, 0) is 84.7 Å². The zero-order chi connectivity index (χ0) is 19.1. The van der Waals surface area contributed by atoms with Crippen molar-refractivity contribution in [3.63, 3.8) is 0 Å². The number of rotatable bonds is 8. The van der Waals surface area contributed by atoms with Crippen molar-refractivity contribution in [2.45, 2.75) is 64.2 Å². The number of hydrogen-bond donors (Lipinski definition) is 0. The number of allylic oxidation sites excluding steroid dienone is 1. The molecular weight excluding hydrogens is 328 g/mol. The lowest BCUT2D eigenvalue weighted by molar-refractivity contribution is 0.376. The summed E-state index contributed by atoms with van der Waals surface area (Å²) in [6.45, 7) is 6.22. The molecule has 1 fully saturated rings. The van der Waals surface area contributed by atoms with Crippen molar-refractivity contribution >= 4 is 0 Å². The molecule has 0 bridgehead atoms. The minimum atomic E-state index is 0.718. The van der Waals surface area contributed by atoms with Crippen LogP contribution in [-0.2, 0) is 6.42 Å². The molecule has 1 heteroatoms. The minimum absolute atomic E-state index is 0.718. The Balaban J connectivity index is 1.77. The van der Waals surface area contributed by atoms with E-state index in [1.54, 1.807) is 7.11 Å². The summed E-state index contributed by atoms with van der Waals surface area (Å²) in [5.74, 6) is 2.40. The largest absolute Gasteiger partial charge is 0.497 e. The first-order chi connectivity index (χ1) is 13.2. The fourth-order valence-corrected chi connectivity index (χ4v) is 4.37. The average molecular weight is 363 g/mol. The Morgan fingerprint density at radius 1 is 1.00 bits per heavy atom. The van der Waals surface area contributed by atoms with Crippen molar-refractivity contribution in [2.24, 2.45) is 5.92 Å². The fourth-order valence-electron chi connectivity index (χ4n) is 4.37. The monoisotopic (exact) mass is 362 g/mol. The van der Waals surface area contributed by atoms with Crippen LogP contribution in [0.2, 0.25) is 0 Å². The van der Waals surface area contributed by atoms with E-state index < -0.39 is 0 Å². The molecule has 27 heavy (non-hydrogen) atoms. The molecule has 0 unspecified atom stereocenters. The van der Waals surface area contributed by atoms with Crippen LogP contribution in [0, 0.1) is 5.92 Å². The van der Waals surface area contributed by atoms with Crippen LogP contribution >= 0.6 is 0 Å². The Morgan fingerprint density at radius 2 is 1.74 bits per heavy atom. The van der Waals surface area contributed by atoms with Gasteiger partial charge in [-0.3, -0.25) is 0 Å². The Bertz CT molecular complexity index is 720. The Labute approximate surface area is 165 Å². The second-order valence-electron chi connectivity index (χ2n) is 7.95. The van der Waals surface area contributed by atoms with E-state index in [0.717, 1.165) is 24.0 Å². The van der Waals surface area contributed by atoms with Crippen molar-refractivity contribution in [3.05, 3.63) is 66.2 Å². The zero-order valence-electron chi connectivity index (χ0n) is 17.0. The van der Waals surface area contributed by atoms with E-state index in [9.17, 15) is 0 Å². The summed E-state index contributed by atoms with van der Waals surface area (Å²) in [7, 11) is 1.75. The summed E-state index contributed by atoms with van der Waals surface area (Å²) in [6.07, 6.45) is 12.2. The van der Waals surface area contributed by atoms with E-state index in [1.807, 2.05) is 0 Å². The minimum Gasteiger partial charge on any atom is -0.497 e. The van der Waals surface area contributed by atoms with Crippen molar-refractivity contribution in [1.82, 2.24) is 0 Å². The van der Waals surface area contributed by atoms with Crippen molar-refractivity contribution in [2.75, 3.05) is 7.11 Å². The van der Waals surface area contributed by atoms with Crippen LogP contribution in [0.1, 0.15) is 68.9 Å². The first-order valence-corrected chi connectivity index (χ1v) is 10.6. The molecule has 144 valence electrons. The molecule has 1 saturated carbocycles. The number of methoxy groups -OCH3 is 1. The van der Waals surface area contributed by atoms with Gasteiger partial charge >= 0.3 is 0 Å². The fraction of sp³-hybridized carbons (Fsp3) is 0.462. The molecule has 0 amide bonds. The summed E-state index contributed by atoms with van der Waals surface area (Å²) >= 11 is 0. The molecular formula is C26H34O. The van der Waals surface area contributed by atoms with Gasteiger partial charge in [-0.15, -0.1) is 6.58 Å². The highest BCUT2D eigenvalue weighted by atomic mass is 16.5. The van der Waals surface area contributed by atoms with Crippen LogP contribution in [0.5, 0.6) is 5.75 Å². The molecule has 0 heterocycles. The molecule has 2 aromatic rings. The zero-order valence-corrected chi connectivity index (χ0v) is 17.0. The van der Waals surface area contributed by atoms with Gasteiger partial charge in [0.25, 0.3) is 0 Å². The van der Waals surface area contributed by atoms with Gasteiger partial charge in [-0.25, -0.2) is 0 Å². The number of aryl methyl sites for hydroxylation is 1. The quantitative estimate of drug-likeness (QED) is 0.348. The lowest BCUT2D eigenvalue weighted by Crippen LogP contribution is -2.11. The van der Waals surface area contributed by atoms with Gasteiger partial charge in [0, 0.05) is 0 Å². The van der Waals surface area contributed by atoms with E-state index in [1.165, 1.54) is 67.2 Å². The van der Waals surface area contributed by atoms with Gasteiger partial charge in [-0.1, -0.05) is 56.2 Å². The normalized spacial score (nSPS) is 19.6. The number of unbranched alkanes of at least 4 members (excludes halogenated alkanes) is 2. The standard InChI is InChI=1S/C26H34O/c1-4-6-7-8-24-19-25(27-3)17-18-26(24)23-15-13-22(14-16-23)21-11-9-20(5-2)10-12-21/h5,13-21H,2,4,6-12H2,1,3H3. The molecule has 0 N–H and O–H groups in total. The van der Waals surface area contributed by atoms with Crippen LogP contribution in [-0.4, -0.2) is 7.11 Å². The lowest BCUT2D eigenvalue weighted by Gasteiger charge is -2.27. The molecule has 2 aromatic carbocycles. The van der Waals surface area contributed by atoms with Crippen LogP contribution in [0.4, 0.5) is 0 Å². The highest BCUT2D eigenvalue weighted by Crippen LogP contribution is 2.37. The maximum Gasteiger partial charge on any atom is 0.119 e. The Morgan fingerprint density at radius 3 is 2.37 bits per heavy atom. The lowest BCUT2D eigenvalue weighted by atomic mass is 9.78. The second-order valence-corrected chi connectivity index (χ2v) is 7.95. The smallest absolute Gasteiger partial charge is 0.119 e. The van der Waals surface area contributed by atoms with Crippen molar-refractivity contribution in [3.8, 4) is 16.9 Å². The van der Waals surface area contributed by atoms with Gasteiger partial charge in [0.15, 0.2) is 0 Å². The van der Waals surface area contributed by atoms with Crippen LogP contribution < -0.4 is 4.74 Å². The molecule has 0 atom stereocenters. The highest BCUT2D eigenvalue weighted by Gasteiger charge is 2.20. The third kappa shape index (κ3) is 5.03. The van der Waals surface area contributed by atoms with Crippen molar-refractivity contribution < 1.29 is 4.74 Å². The van der Waals surface area contributed by atoms with Gasteiger partial charge in [0.1, 0.15) is 5.75 Å². The average Bonchev–Trinajstić information content (AvgIpc) is 2.74. The molecule has 0 spiro atoms. The molecule has 0 saturated heterocycles. The van der Waals surface area contributed by atoms with Crippen LogP contribution in [0.15, 0.2) is 55.1 Å².